The van der Waals surface area contributed by atoms with E-state index in [1.165, 1.54) is 18.2 Å². The van der Waals surface area contributed by atoms with Gasteiger partial charge in [0.2, 0.25) is 6.79 Å². The van der Waals surface area contributed by atoms with Gasteiger partial charge < -0.3 is 14.6 Å². The quantitative estimate of drug-likeness (QED) is 0.859. The van der Waals surface area contributed by atoms with Crippen molar-refractivity contribution in [1.29, 1.82) is 0 Å². The van der Waals surface area contributed by atoms with Crippen molar-refractivity contribution in [3.05, 3.63) is 23.8 Å². The minimum absolute atomic E-state index is 0.0577. The van der Waals surface area contributed by atoms with Crippen LogP contribution < -0.4 is 9.47 Å². The fourth-order valence-corrected chi connectivity index (χ4v) is 2.16. The smallest absolute Gasteiger partial charge is 0.313 e. The molecule has 0 bridgehead atoms. The number of halogens is 2. The molecule has 1 aromatic carbocycles. The Bertz CT molecular complexity index is 500. The molecule has 1 aromatic rings. The molecule has 0 radical (unpaired) electrons. The Hall–Kier alpha value is -1.85. The summed E-state index contributed by atoms with van der Waals surface area (Å²) in [4.78, 5) is 10.7. The summed E-state index contributed by atoms with van der Waals surface area (Å²) in [6, 6.07) is 4.39. The van der Waals surface area contributed by atoms with Crippen LogP contribution in [0, 0.1) is 5.92 Å². The molecule has 0 spiro atoms. The first kappa shape index (κ1) is 10.3. The van der Waals surface area contributed by atoms with Gasteiger partial charge in [0.05, 0.1) is 5.92 Å². The van der Waals surface area contributed by atoms with Crippen LogP contribution in [0.2, 0.25) is 0 Å². The van der Waals surface area contributed by atoms with Crippen molar-refractivity contribution in [3.8, 4) is 11.5 Å². The normalized spacial score (nSPS) is 27.9. The van der Waals surface area contributed by atoms with E-state index in [1.54, 1.807) is 0 Å². The van der Waals surface area contributed by atoms with E-state index in [9.17, 15) is 13.6 Å². The number of alkyl halides is 2. The third-order valence-electron chi connectivity index (χ3n) is 3.08. The summed E-state index contributed by atoms with van der Waals surface area (Å²) >= 11 is 0. The topological polar surface area (TPSA) is 55.8 Å². The standard InChI is InChI=1S/C11H8F2O4/c12-11(13)8(9(11)10(14)15)5-1-2-6-7(3-5)17-4-16-6/h1-3,8-9H,4H2,(H,14,15). The highest BCUT2D eigenvalue weighted by atomic mass is 19.3. The van der Waals surface area contributed by atoms with E-state index in [4.69, 9.17) is 14.6 Å². The molecule has 1 saturated carbocycles. The lowest BCUT2D eigenvalue weighted by Gasteiger charge is -2.00. The fraction of sp³-hybridized carbons (Fsp3) is 0.364. The van der Waals surface area contributed by atoms with Gasteiger partial charge in [0.25, 0.3) is 5.92 Å². The van der Waals surface area contributed by atoms with Crippen LogP contribution >= 0.6 is 0 Å². The number of benzene rings is 1. The minimum Gasteiger partial charge on any atom is -0.481 e. The first-order valence-corrected chi connectivity index (χ1v) is 5.02. The van der Waals surface area contributed by atoms with Crippen molar-refractivity contribution in [3.63, 3.8) is 0 Å². The third-order valence-corrected chi connectivity index (χ3v) is 3.08. The average molecular weight is 242 g/mol. The number of carboxylic acids is 1. The zero-order valence-electron chi connectivity index (χ0n) is 8.52. The lowest BCUT2D eigenvalue weighted by Crippen LogP contribution is -2.04. The van der Waals surface area contributed by atoms with Crippen molar-refractivity contribution < 1.29 is 28.2 Å². The molecular weight excluding hydrogens is 234 g/mol. The Kier molecular flexibility index (Phi) is 1.87. The molecule has 17 heavy (non-hydrogen) atoms. The zero-order chi connectivity index (χ0) is 12.2. The van der Waals surface area contributed by atoms with Gasteiger partial charge in [-0.1, -0.05) is 6.07 Å². The van der Waals surface area contributed by atoms with Gasteiger partial charge in [-0.15, -0.1) is 0 Å². The molecular formula is C11H8F2O4. The SMILES string of the molecule is O=C(O)C1C(c2ccc3c(c2)OCO3)C1(F)F. The molecule has 2 unspecified atom stereocenters. The molecule has 3 rings (SSSR count). The molecule has 4 nitrogen and oxygen atoms in total. The van der Waals surface area contributed by atoms with Crippen molar-refractivity contribution in [2.45, 2.75) is 11.8 Å². The maximum atomic E-state index is 13.3. The Labute approximate surface area is 94.8 Å². The van der Waals surface area contributed by atoms with Gasteiger partial charge in [0.1, 0.15) is 5.92 Å². The van der Waals surface area contributed by atoms with Crippen LogP contribution in [0.4, 0.5) is 8.78 Å². The Morgan fingerprint density at radius 3 is 2.71 bits per heavy atom. The van der Waals surface area contributed by atoms with Gasteiger partial charge in [-0.05, 0) is 17.7 Å². The Balaban J connectivity index is 1.94. The largest absolute Gasteiger partial charge is 0.481 e. The predicted octanol–water partition coefficient (Wildman–Crippen LogP) is 1.85. The summed E-state index contributed by atoms with van der Waals surface area (Å²) < 4.78 is 36.7. The molecule has 1 heterocycles. The number of hydrogen-bond acceptors (Lipinski definition) is 3. The first-order chi connectivity index (χ1) is 8.01. The number of carboxylic acid groups (broad SMARTS) is 1. The van der Waals surface area contributed by atoms with E-state index in [-0.39, 0.29) is 12.4 Å². The van der Waals surface area contributed by atoms with Crippen LogP contribution in [-0.4, -0.2) is 23.8 Å². The lowest BCUT2D eigenvalue weighted by molar-refractivity contribution is -0.140. The zero-order valence-corrected chi connectivity index (χ0v) is 8.52. The number of ether oxygens (including phenoxy) is 2. The second-order valence-corrected chi connectivity index (χ2v) is 4.08. The van der Waals surface area contributed by atoms with Crippen molar-refractivity contribution in [2.24, 2.45) is 5.92 Å². The Morgan fingerprint density at radius 2 is 2.06 bits per heavy atom. The summed E-state index contributed by atoms with van der Waals surface area (Å²) in [5.74, 6) is -6.69. The summed E-state index contributed by atoms with van der Waals surface area (Å²) in [6.45, 7) is 0.0577. The molecule has 90 valence electrons. The van der Waals surface area contributed by atoms with Crippen LogP contribution in [-0.2, 0) is 4.79 Å². The molecule has 0 saturated heterocycles. The fourth-order valence-electron chi connectivity index (χ4n) is 2.16. The van der Waals surface area contributed by atoms with E-state index >= 15 is 0 Å². The maximum Gasteiger partial charge on any atom is 0.313 e. The van der Waals surface area contributed by atoms with Crippen LogP contribution in [0.5, 0.6) is 11.5 Å². The summed E-state index contributed by atoms with van der Waals surface area (Å²) in [5, 5.41) is 8.68. The monoisotopic (exact) mass is 242 g/mol. The van der Waals surface area contributed by atoms with Crippen molar-refractivity contribution in [2.75, 3.05) is 6.79 Å². The van der Waals surface area contributed by atoms with Gasteiger partial charge in [0.15, 0.2) is 11.5 Å². The summed E-state index contributed by atoms with van der Waals surface area (Å²) in [6.07, 6.45) is 0. The van der Waals surface area contributed by atoms with Crippen LogP contribution in [0.15, 0.2) is 18.2 Å². The molecule has 0 amide bonds. The summed E-state index contributed by atoms with van der Waals surface area (Å²) in [5.41, 5.74) is 0.270. The number of hydrogen-bond donors (Lipinski definition) is 1. The van der Waals surface area contributed by atoms with Gasteiger partial charge in [-0.3, -0.25) is 4.79 Å². The average Bonchev–Trinajstić information content (AvgIpc) is 2.66. The number of carbonyl (C=O) groups is 1. The van der Waals surface area contributed by atoms with Gasteiger partial charge in [-0.25, -0.2) is 8.78 Å². The molecule has 1 aliphatic carbocycles. The highest BCUT2D eigenvalue weighted by molar-refractivity contribution is 5.78. The lowest BCUT2D eigenvalue weighted by atomic mass is 10.1. The van der Waals surface area contributed by atoms with Gasteiger partial charge in [0, 0.05) is 0 Å². The molecule has 6 heteroatoms. The van der Waals surface area contributed by atoms with Crippen molar-refractivity contribution in [1.82, 2.24) is 0 Å². The van der Waals surface area contributed by atoms with Crippen LogP contribution in [0.25, 0.3) is 0 Å². The highest BCUT2D eigenvalue weighted by Crippen LogP contribution is 2.62. The van der Waals surface area contributed by atoms with Gasteiger partial charge >= 0.3 is 5.97 Å². The number of rotatable bonds is 2. The minimum atomic E-state index is -3.18. The Morgan fingerprint density at radius 1 is 1.35 bits per heavy atom. The molecule has 2 atom stereocenters. The van der Waals surface area contributed by atoms with Gasteiger partial charge in [-0.2, -0.15) is 0 Å². The second kappa shape index (κ2) is 3.09. The maximum absolute atomic E-state index is 13.3. The van der Waals surface area contributed by atoms with E-state index in [0.717, 1.165) is 0 Å². The van der Waals surface area contributed by atoms with Crippen molar-refractivity contribution >= 4 is 5.97 Å². The van der Waals surface area contributed by atoms with E-state index < -0.39 is 23.7 Å². The van der Waals surface area contributed by atoms with E-state index in [1.807, 2.05) is 0 Å². The van der Waals surface area contributed by atoms with Crippen LogP contribution in [0.1, 0.15) is 11.5 Å². The van der Waals surface area contributed by atoms with E-state index in [2.05, 4.69) is 0 Å². The highest BCUT2D eigenvalue weighted by Gasteiger charge is 2.73. The molecule has 2 aliphatic rings. The molecule has 1 fully saturated rings. The first-order valence-electron chi connectivity index (χ1n) is 5.02. The molecule has 1 N–H and O–H groups in total. The number of fused-ring (bicyclic) bond motifs is 1. The molecule has 1 aliphatic heterocycles. The second-order valence-electron chi connectivity index (χ2n) is 4.08. The molecule has 0 aromatic heterocycles. The predicted molar refractivity (Wildman–Crippen MR) is 51.4 cm³/mol. The van der Waals surface area contributed by atoms with Crippen LogP contribution in [0.3, 0.4) is 0 Å². The summed E-state index contributed by atoms with van der Waals surface area (Å²) in [7, 11) is 0. The third kappa shape index (κ3) is 1.36. The number of aliphatic carboxylic acids is 1. The van der Waals surface area contributed by atoms with E-state index in [0.29, 0.717) is 11.5 Å².